The minimum absolute atomic E-state index is 0.0487. The van der Waals surface area contributed by atoms with E-state index in [9.17, 15) is 21.6 Å². The quantitative estimate of drug-likeness (QED) is 0.739. The van der Waals surface area contributed by atoms with Crippen molar-refractivity contribution < 1.29 is 26.4 Å². The predicted molar refractivity (Wildman–Crippen MR) is 95.9 cm³/mol. The van der Waals surface area contributed by atoms with Crippen LogP contribution in [0.15, 0.2) is 58.3 Å². The van der Waals surface area contributed by atoms with Crippen LogP contribution in [0.2, 0.25) is 0 Å². The summed E-state index contributed by atoms with van der Waals surface area (Å²) in [5.74, 6) is -0.796. The highest BCUT2D eigenvalue weighted by atomic mass is 32.2. The Kier molecular flexibility index (Phi) is 5.69. The van der Waals surface area contributed by atoms with E-state index in [1.54, 1.807) is 0 Å². The largest absolute Gasteiger partial charge is 0.465 e. The minimum Gasteiger partial charge on any atom is -0.465 e. The number of benzene rings is 2. The fourth-order valence-electron chi connectivity index (χ4n) is 2.12. The van der Waals surface area contributed by atoms with Gasteiger partial charge in [0.05, 0.1) is 23.3 Å². The van der Waals surface area contributed by atoms with E-state index in [0.717, 1.165) is 11.4 Å². The summed E-state index contributed by atoms with van der Waals surface area (Å²) in [5.41, 5.74) is -0.0767. The van der Waals surface area contributed by atoms with Crippen LogP contribution < -0.4 is 4.72 Å². The van der Waals surface area contributed by atoms with Crippen LogP contribution in [0.5, 0.6) is 0 Å². The number of anilines is 1. The number of esters is 1. The summed E-state index contributed by atoms with van der Waals surface area (Å²) >= 11 is 0. The van der Waals surface area contributed by atoms with Gasteiger partial charge < -0.3 is 4.74 Å². The Bertz CT molecular complexity index is 1030. The van der Waals surface area contributed by atoms with Crippen LogP contribution in [0.25, 0.3) is 0 Å². The molecule has 2 aromatic carbocycles. The molecular weight excluding hydrogens is 380 g/mol. The first-order chi connectivity index (χ1) is 12.1. The molecule has 2 aromatic rings. The lowest BCUT2D eigenvalue weighted by Crippen LogP contribution is -2.22. The number of nitrogens with one attached hydrogen (secondary N) is 1. The van der Waals surface area contributed by atoms with Crippen molar-refractivity contribution in [2.75, 3.05) is 25.9 Å². The Hall–Kier alpha value is -2.43. The van der Waals surface area contributed by atoms with Gasteiger partial charge in [0.15, 0.2) is 0 Å². The number of nitrogens with zero attached hydrogens (tertiary/aromatic N) is 1. The van der Waals surface area contributed by atoms with Crippen molar-refractivity contribution in [1.29, 1.82) is 0 Å². The number of carbonyl (C=O) groups is 1. The van der Waals surface area contributed by atoms with E-state index in [1.165, 1.54) is 62.6 Å². The third-order valence-electron chi connectivity index (χ3n) is 3.45. The Morgan fingerprint density at radius 2 is 1.65 bits per heavy atom. The number of sulfonamides is 2. The molecule has 26 heavy (non-hydrogen) atoms. The third kappa shape index (κ3) is 4.03. The lowest BCUT2D eigenvalue weighted by Gasteiger charge is -2.14. The van der Waals surface area contributed by atoms with Crippen molar-refractivity contribution >= 4 is 31.7 Å². The summed E-state index contributed by atoms with van der Waals surface area (Å²) in [4.78, 5) is 11.5. The second-order valence-electron chi connectivity index (χ2n) is 5.41. The molecule has 1 N–H and O–H groups in total. The van der Waals surface area contributed by atoms with Gasteiger partial charge in [-0.3, -0.25) is 4.72 Å². The first-order valence-electron chi connectivity index (χ1n) is 7.32. The first kappa shape index (κ1) is 19.9. The number of carbonyl (C=O) groups excluding carboxylic acids is 1. The molecular formula is C16H18N2O6S2. The van der Waals surface area contributed by atoms with Gasteiger partial charge in [-0.05, 0) is 30.3 Å². The highest BCUT2D eigenvalue weighted by Gasteiger charge is 2.24. The van der Waals surface area contributed by atoms with Crippen LogP contribution in [0.1, 0.15) is 10.4 Å². The third-order valence-corrected chi connectivity index (χ3v) is 6.70. The van der Waals surface area contributed by atoms with E-state index in [0.29, 0.717) is 0 Å². The van der Waals surface area contributed by atoms with Crippen molar-refractivity contribution in [3.8, 4) is 0 Å². The summed E-state index contributed by atoms with van der Waals surface area (Å²) in [6, 6.07) is 10.9. The van der Waals surface area contributed by atoms with Crippen molar-refractivity contribution in [3.05, 3.63) is 54.1 Å². The monoisotopic (exact) mass is 398 g/mol. The highest BCUT2D eigenvalue weighted by molar-refractivity contribution is 7.92. The molecule has 0 aliphatic carbocycles. The summed E-state index contributed by atoms with van der Waals surface area (Å²) in [5, 5.41) is 0. The average Bonchev–Trinajstić information content (AvgIpc) is 2.60. The average molecular weight is 398 g/mol. The number of rotatable bonds is 6. The maximum atomic E-state index is 12.7. The Morgan fingerprint density at radius 3 is 2.27 bits per heavy atom. The molecule has 8 nitrogen and oxygen atoms in total. The van der Waals surface area contributed by atoms with Gasteiger partial charge in [-0.15, -0.1) is 0 Å². The van der Waals surface area contributed by atoms with Gasteiger partial charge >= 0.3 is 5.97 Å². The molecule has 0 aliphatic rings. The van der Waals surface area contributed by atoms with Crippen molar-refractivity contribution in [1.82, 2.24) is 4.31 Å². The molecule has 0 amide bonds. The van der Waals surface area contributed by atoms with Crippen LogP contribution >= 0.6 is 0 Å². The summed E-state index contributed by atoms with van der Waals surface area (Å²) in [6.07, 6.45) is 0. The van der Waals surface area contributed by atoms with Crippen LogP contribution in [-0.4, -0.2) is 48.3 Å². The van der Waals surface area contributed by atoms with E-state index >= 15 is 0 Å². The maximum absolute atomic E-state index is 12.7. The van der Waals surface area contributed by atoms with Gasteiger partial charge in [0.25, 0.3) is 10.0 Å². The van der Waals surface area contributed by atoms with E-state index in [2.05, 4.69) is 9.46 Å². The zero-order valence-corrected chi connectivity index (χ0v) is 16.0. The number of hydrogen-bond donors (Lipinski definition) is 1. The lowest BCUT2D eigenvalue weighted by molar-refractivity contribution is 0.0596. The maximum Gasteiger partial charge on any atom is 0.339 e. The second kappa shape index (κ2) is 7.44. The van der Waals surface area contributed by atoms with E-state index in [4.69, 9.17) is 0 Å². The summed E-state index contributed by atoms with van der Waals surface area (Å²) < 4.78 is 57.6. The molecule has 0 unspecified atom stereocenters. The molecule has 0 saturated heterocycles. The topological polar surface area (TPSA) is 110 Å². The number of ether oxygens (including phenoxy) is 1. The normalized spacial score (nSPS) is 12.0. The van der Waals surface area contributed by atoms with E-state index < -0.39 is 26.0 Å². The molecule has 0 saturated carbocycles. The first-order valence-corrected chi connectivity index (χ1v) is 10.2. The van der Waals surface area contributed by atoms with Gasteiger partial charge in [0.2, 0.25) is 10.0 Å². The highest BCUT2D eigenvalue weighted by Crippen LogP contribution is 2.23. The van der Waals surface area contributed by atoms with E-state index in [-0.39, 0.29) is 21.0 Å². The van der Waals surface area contributed by atoms with Crippen molar-refractivity contribution in [3.63, 3.8) is 0 Å². The smallest absolute Gasteiger partial charge is 0.339 e. The molecule has 2 rings (SSSR count). The molecule has 0 aromatic heterocycles. The van der Waals surface area contributed by atoms with Gasteiger partial charge in [-0.1, -0.05) is 18.2 Å². The summed E-state index contributed by atoms with van der Waals surface area (Å²) in [6.45, 7) is 0. The van der Waals surface area contributed by atoms with Crippen LogP contribution in [0, 0.1) is 0 Å². The van der Waals surface area contributed by atoms with Gasteiger partial charge in [-0.2, -0.15) is 0 Å². The predicted octanol–water partition coefficient (Wildman–Crippen LogP) is 1.52. The molecule has 0 bridgehead atoms. The molecule has 0 heterocycles. The molecule has 140 valence electrons. The minimum atomic E-state index is -4.14. The van der Waals surface area contributed by atoms with Crippen molar-refractivity contribution in [2.45, 2.75) is 9.79 Å². The Morgan fingerprint density at radius 1 is 1.00 bits per heavy atom. The van der Waals surface area contributed by atoms with Gasteiger partial charge in [-0.25, -0.2) is 25.9 Å². The Labute approximate surface area is 152 Å². The molecule has 0 radical (unpaired) electrons. The van der Waals surface area contributed by atoms with Crippen LogP contribution in [0.4, 0.5) is 5.69 Å². The number of methoxy groups -OCH3 is 1. The molecule has 10 heteroatoms. The van der Waals surface area contributed by atoms with Crippen LogP contribution in [-0.2, 0) is 24.8 Å². The fraction of sp³-hybridized carbons (Fsp3) is 0.188. The molecule has 0 aliphatic heterocycles. The fourth-order valence-corrected chi connectivity index (χ4v) is 4.31. The molecule has 0 spiro atoms. The molecule has 0 fully saturated rings. The van der Waals surface area contributed by atoms with Crippen LogP contribution in [0.3, 0.4) is 0 Å². The number of hydrogen-bond acceptors (Lipinski definition) is 6. The Balaban J connectivity index is 2.45. The second-order valence-corrected chi connectivity index (χ2v) is 9.21. The SMILES string of the molecule is COC(=O)c1ccccc1S(=O)(=O)Nc1cccc(S(=O)(=O)N(C)C)c1. The van der Waals surface area contributed by atoms with Gasteiger partial charge in [0, 0.05) is 14.1 Å². The zero-order valence-electron chi connectivity index (χ0n) is 14.3. The molecule has 0 atom stereocenters. The lowest BCUT2D eigenvalue weighted by atomic mass is 10.2. The van der Waals surface area contributed by atoms with Gasteiger partial charge in [0.1, 0.15) is 4.90 Å². The summed E-state index contributed by atoms with van der Waals surface area (Å²) in [7, 11) is -3.97. The van der Waals surface area contributed by atoms with Crippen molar-refractivity contribution in [2.24, 2.45) is 0 Å². The zero-order chi connectivity index (χ0) is 19.5. The van der Waals surface area contributed by atoms with E-state index in [1.807, 2.05) is 0 Å². The standard InChI is InChI=1S/C16H18N2O6S2/c1-18(2)26(22,23)13-8-6-7-12(11-13)17-25(20,21)15-10-5-4-9-14(15)16(19)24-3/h4-11,17H,1-3H3.